The van der Waals surface area contributed by atoms with Gasteiger partial charge in [0.05, 0.1) is 16.1 Å². The second kappa shape index (κ2) is 8.37. The first-order valence-corrected chi connectivity index (χ1v) is 9.54. The number of halogens is 2. The van der Waals surface area contributed by atoms with Crippen LogP contribution in [-0.4, -0.2) is 20.9 Å². The van der Waals surface area contributed by atoms with Crippen LogP contribution in [0.15, 0.2) is 47.4 Å². The van der Waals surface area contributed by atoms with Gasteiger partial charge in [0.25, 0.3) is 5.91 Å². The lowest BCUT2D eigenvalue weighted by Gasteiger charge is -2.11. The molecule has 0 spiro atoms. The molecule has 0 unspecified atom stereocenters. The Morgan fingerprint density at radius 3 is 2.38 bits per heavy atom. The summed E-state index contributed by atoms with van der Waals surface area (Å²) in [7, 11) is -3.85. The van der Waals surface area contributed by atoms with Gasteiger partial charge < -0.3 is 5.32 Å². The maximum Gasteiger partial charge on any atom is 0.258 e. The SMILES string of the molecule is CC(C)CCNS(=O)(=O)c1ccc(NC(=O)c2ccccc2F)c(F)c1. The van der Waals surface area contributed by atoms with Crippen LogP contribution in [0.4, 0.5) is 14.5 Å². The molecule has 26 heavy (non-hydrogen) atoms. The third kappa shape index (κ3) is 5.09. The number of carbonyl (C=O) groups excluding carboxylic acids is 1. The number of benzene rings is 2. The smallest absolute Gasteiger partial charge is 0.258 e. The van der Waals surface area contributed by atoms with Gasteiger partial charge in [0.2, 0.25) is 10.0 Å². The summed E-state index contributed by atoms with van der Waals surface area (Å²) in [5.74, 6) is -2.17. The molecule has 140 valence electrons. The molecule has 0 radical (unpaired) electrons. The van der Waals surface area contributed by atoms with E-state index in [-0.39, 0.29) is 22.7 Å². The molecule has 0 heterocycles. The second-order valence-electron chi connectivity index (χ2n) is 6.16. The minimum absolute atomic E-state index is 0.237. The fourth-order valence-electron chi connectivity index (χ4n) is 2.16. The van der Waals surface area contributed by atoms with Crippen LogP contribution in [0.2, 0.25) is 0 Å². The van der Waals surface area contributed by atoms with Gasteiger partial charge in [-0.25, -0.2) is 21.9 Å². The fraction of sp³-hybridized carbons (Fsp3) is 0.278. The Morgan fingerprint density at radius 2 is 1.77 bits per heavy atom. The fourth-order valence-corrected chi connectivity index (χ4v) is 3.22. The van der Waals surface area contributed by atoms with E-state index >= 15 is 0 Å². The quantitative estimate of drug-likeness (QED) is 0.769. The van der Waals surface area contributed by atoms with Crippen molar-refractivity contribution in [2.75, 3.05) is 11.9 Å². The highest BCUT2D eigenvalue weighted by molar-refractivity contribution is 7.89. The van der Waals surface area contributed by atoms with Gasteiger partial charge in [-0.2, -0.15) is 0 Å². The van der Waals surface area contributed by atoms with Crippen molar-refractivity contribution < 1.29 is 22.0 Å². The zero-order chi connectivity index (χ0) is 19.3. The van der Waals surface area contributed by atoms with Gasteiger partial charge in [-0.1, -0.05) is 26.0 Å². The van der Waals surface area contributed by atoms with E-state index < -0.39 is 27.6 Å². The number of hydrogen-bond donors (Lipinski definition) is 2. The molecule has 0 bridgehead atoms. The van der Waals surface area contributed by atoms with Gasteiger partial charge in [-0.15, -0.1) is 0 Å². The van der Waals surface area contributed by atoms with E-state index in [2.05, 4.69) is 10.0 Å². The summed E-state index contributed by atoms with van der Waals surface area (Å²) < 4.78 is 54.5. The lowest BCUT2D eigenvalue weighted by atomic mass is 10.1. The Balaban J connectivity index is 2.14. The maximum atomic E-state index is 14.2. The predicted molar refractivity (Wildman–Crippen MR) is 95.4 cm³/mol. The van der Waals surface area contributed by atoms with Gasteiger partial charge in [-0.05, 0) is 42.7 Å². The number of nitrogens with one attached hydrogen (secondary N) is 2. The van der Waals surface area contributed by atoms with Crippen LogP contribution in [0.3, 0.4) is 0 Å². The molecule has 2 rings (SSSR count). The van der Waals surface area contributed by atoms with E-state index in [9.17, 15) is 22.0 Å². The van der Waals surface area contributed by atoms with Crippen LogP contribution in [0, 0.1) is 17.6 Å². The highest BCUT2D eigenvalue weighted by Gasteiger charge is 2.18. The van der Waals surface area contributed by atoms with Gasteiger partial charge in [0.1, 0.15) is 11.6 Å². The summed E-state index contributed by atoms with van der Waals surface area (Å²) in [4.78, 5) is 11.8. The summed E-state index contributed by atoms with van der Waals surface area (Å²) in [6.45, 7) is 4.16. The topological polar surface area (TPSA) is 75.3 Å². The first-order valence-electron chi connectivity index (χ1n) is 8.06. The van der Waals surface area contributed by atoms with E-state index in [0.717, 1.165) is 18.2 Å². The number of amides is 1. The van der Waals surface area contributed by atoms with Crippen molar-refractivity contribution >= 4 is 21.6 Å². The van der Waals surface area contributed by atoms with Crippen molar-refractivity contribution in [1.82, 2.24) is 4.72 Å². The molecular formula is C18H20F2N2O3S. The Bertz CT molecular complexity index is 899. The van der Waals surface area contributed by atoms with Gasteiger partial charge in [0, 0.05) is 6.54 Å². The number of hydrogen-bond acceptors (Lipinski definition) is 3. The largest absolute Gasteiger partial charge is 0.319 e. The van der Waals surface area contributed by atoms with Crippen LogP contribution in [0.5, 0.6) is 0 Å². The molecule has 1 amide bonds. The number of sulfonamides is 1. The van der Waals surface area contributed by atoms with E-state index in [1.165, 1.54) is 24.3 Å². The number of carbonyl (C=O) groups is 1. The number of anilines is 1. The first kappa shape index (κ1) is 20.0. The molecule has 0 saturated heterocycles. The summed E-state index contributed by atoms with van der Waals surface area (Å²) >= 11 is 0. The summed E-state index contributed by atoms with van der Waals surface area (Å²) in [6, 6.07) is 8.41. The molecule has 0 aromatic heterocycles. The van der Waals surface area contributed by atoms with Gasteiger partial charge in [-0.3, -0.25) is 4.79 Å². The van der Waals surface area contributed by atoms with Crippen molar-refractivity contribution in [2.45, 2.75) is 25.2 Å². The molecule has 2 aromatic rings. The Kier molecular flexibility index (Phi) is 6.44. The number of rotatable bonds is 7. The predicted octanol–water partition coefficient (Wildman–Crippen LogP) is 3.54. The lowest BCUT2D eigenvalue weighted by Crippen LogP contribution is -2.25. The normalized spacial score (nSPS) is 11.6. The van der Waals surface area contributed by atoms with E-state index in [0.29, 0.717) is 12.3 Å². The van der Waals surface area contributed by atoms with E-state index in [1.54, 1.807) is 0 Å². The van der Waals surface area contributed by atoms with Gasteiger partial charge in [0.15, 0.2) is 0 Å². The van der Waals surface area contributed by atoms with E-state index in [1.807, 2.05) is 13.8 Å². The zero-order valence-corrected chi connectivity index (χ0v) is 15.2. The van der Waals surface area contributed by atoms with Crippen molar-refractivity contribution in [3.05, 3.63) is 59.7 Å². The Morgan fingerprint density at radius 1 is 1.08 bits per heavy atom. The third-order valence-corrected chi connectivity index (χ3v) is 5.09. The second-order valence-corrected chi connectivity index (χ2v) is 7.92. The molecule has 2 N–H and O–H groups in total. The van der Waals surface area contributed by atoms with Crippen LogP contribution in [0.25, 0.3) is 0 Å². The van der Waals surface area contributed by atoms with Crippen LogP contribution >= 0.6 is 0 Å². The van der Waals surface area contributed by atoms with Crippen molar-refractivity contribution in [2.24, 2.45) is 5.92 Å². The molecule has 0 atom stereocenters. The van der Waals surface area contributed by atoms with Crippen molar-refractivity contribution in [3.8, 4) is 0 Å². The molecular weight excluding hydrogens is 362 g/mol. The molecule has 0 aliphatic rings. The summed E-state index contributed by atoms with van der Waals surface area (Å²) in [5, 5.41) is 2.23. The summed E-state index contributed by atoms with van der Waals surface area (Å²) in [5.41, 5.74) is -0.474. The monoisotopic (exact) mass is 382 g/mol. The van der Waals surface area contributed by atoms with E-state index in [4.69, 9.17) is 0 Å². The Hall–Kier alpha value is -2.32. The van der Waals surface area contributed by atoms with Gasteiger partial charge >= 0.3 is 0 Å². The first-order chi connectivity index (χ1) is 12.2. The molecule has 8 heteroatoms. The van der Waals surface area contributed by atoms with Crippen molar-refractivity contribution in [3.63, 3.8) is 0 Å². The molecule has 0 fully saturated rings. The highest BCUT2D eigenvalue weighted by Crippen LogP contribution is 2.20. The molecule has 5 nitrogen and oxygen atoms in total. The molecule has 2 aromatic carbocycles. The zero-order valence-electron chi connectivity index (χ0n) is 14.4. The maximum absolute atomic E-state index is 14.2. The molecule has 0 aliphatic heterocycles. The molecule has 0 aliphatic carbocycles. The lowest BCUT2D eigenvalue weighted by molar-refractivity contribution is 0.102. The minimum Gasteiger partial charge on any atom is -0.319 e. The third-order valence-electron chi connectivity index (χ3n) is 3.63. The summed E-state index contributed by atoms with van der Waals surface area (Å²) in [6.07, 6.45) is 0.651. The molecule has 0 saturated carbocycles. The van der Waals surface area contributed by atoms with Crippen LogP contribution in [0.1, 0.15) is 30.6 Å². The Labute approximate surface area is 151 Å². The highest BCUT2D eigenvalue weighted by atomic mass is 32.2. The van der Waals surface area contributed by atoms with Crippen LogP contribution in [-0.2, 0) is 10.0 Å². The average molecular weight is 382 g/mol. The van der Waals surface area contributed by atoms with Crippen molar-refractivity contribution in [1.29, 1.82) is 0 Å². The van der Waals surface area contributed by atoms with Crippen LogP contribution < -0.4 is 10.0 Å². The average Bonchev–Trinajstić information content (AvgIpc) is 2.56. The standard InChI is InChI=1S/C18H20F2N2O3S/c1-12(2)9-10-21-26(24,25)13-7-8-17(16(20)11-13)22-18(23)14-5-3-4-6-15(14)19/h3-8,11-12,21H,9-10H2,1-2H3,(H,22,23). The minimum atomic E-state index is -3.85.